The largest absolute Gasteiger partial charge is 0.545 e. The smallest absolute Gasteiger partial charge is 0.306 e. The van der Waals surface area contributed by atoms with Crippen LogP contribution in [0.15, 0.2) is 109 Å². The number of quaternary nitrogens is 1. The molecule has 9 heteroatoms. The van der Waals surface area contributed by atoms with Crippen LogP contribution in [0.3, 0.4) is 0 Å². The highest BCUT2D eigenvalue weighted by Gasteiger charge is 2.22. The number of carboxylic acids is 1. The van der Waals surface area contributed by atoms with Crippen LogP contribution in [0.1, 0.15) is 412 Å². The lowest BCUT2D eigenvalue weighted by molar-refractivity contribution is -0.870. The fourth-order valence-corrected chi connectivity index (χ4v) is 12.9. The maximum absolute atomic E-state index is 13.0. The third-order valence-electron chi connectivity index (χ3n) is 19.5. The van der Waals surface area contributed by atoms with Crippen LogP contribution >= 0.6 is 0 Å². The molecule has 0 rings (SSSR count). The van der Waals surface area contributed by atoms with Gasteiger partial charge in [0.05, 0.1) is 40.3 Å². The maximum atomic E-state index is 13.0. The summed E-state index contributed by atoms with van der Waals surface area (Å²) in [6.07, 6.45) is 115. The molecule has 0 aliphatic carbocycles. The fraction of sp³-hybridized carbons (Fsp3) is 0.777. The van der Waals surface area contributed by atoms with Crippen molar-refractivity contribution in [1.29, 1.82) is 0 Å². The minimum absolute atomic E-state index is 0.149. The topological polar surface area (TPSA) is 111 Å². The van der Waals surface area contributed by atoms with Gasteiger partial charge in [0.2, 0.25) is 0 Å². The Labute approximate surface area is 638 Å². The maximum Gasteiger partial charge on any atom is 0.306 e. The predicted octanol–water partition coefficient (Wildman–Crippen LogP) is 27.5. The van der Waals surface area contributed by atoms with Gasteiger partial charge in [-0.3, -0.25) is 9.59 Å². The molecule has 0 N–H and O–H groups in total. The average molecular weight is 1440 g/mol. The highest BCUT2D eigenvalue weighted by Crippen LogP contribution is 2.20. The van der Waals surface area contributed by atoms with Crippen molar-refractivity contribution in [2.75, 3.05) is 47.5 Å². The molecule has 0 spiro atoms. The lowest BCUT2D eigenvalue weighted by atomic mass is 10.0. The third-order valence-corrected chi connectivity index (χ3v) is 19.5. The number of aliphatic carboxylic acids is 1. The number of nitrogens with zero attached hydrogens (tertiary/aromatic N) is 1. The van der Waals surface area contributed by atoms with Gasteiger partial charge >= 0.3 is 11.9 Å². The molecule has 0 aromatic heterocycles. The molecule has 0 amide bonds. The van der Waals surface area contributed by atoms with E-state index in [0.29, 0.717) is 23.9 Å². The number of hydrogen-bond donors (Lipinski definition) is 0. The molecule has 0 fully saturated rings. The molecule has 0 bridgehead atoms. The minimum Gasteiger partial charge on any atom is -0.545 e. The SMILES string of the molecule is CC/C=C\C/C=C\C/C=C\C/C=C\C/C=C\CCCCCCCCCCCCCCCCCCCCCCCCCC(=O)OC(COC(=O)CCCCCCCCCCCCCCCCCCCCCCCCCCCC/C=C\C/C=C\C/C=C\C/C=C\CC)COC(OCC[N+](C)(C)C)C(=O)[O-]. The summed E-state index contributed by atoms with van der Waals surface area (Å²) in [6, 6.07) is 0. The van der Waals surface area contributed by atoms with Crippen molar-refractivity contribution < 1.29 is 42.9 Å². The number of carboxylic acid groups (broad SMARTS) is 1. The van der Waals surface area contributed by atoms with Crippen LogP contribution in [0.2, 0.25) is 0 Å². The van der Waals surface area contributed by atoms with E-state index in [4.69, 9.17) is 18.9 Å². The van der Waals surface area contributed by atoms with Gasteiger partial charge in [0.25, 0.3) is 0 Å². The van der Waals surface area contributed by atoms with Gasteiger partial charge in [-0.15, -0.1) is 0 Å². The van der Waals surface area contributed by atoms with E-state index in [1.54, 1.807) is 0 Å². The Balaban J connectivity index is 3.92. The van der Waals surface area contributed by atoms with Gasteiger partial charge in [-0.1, -0.05) is 412 Å². The molecule has 0 aliphatic heterocycles. The van der Waals surface area contributed by atoms with Gasteiger partial charge in [0.15, 0.2) is 12.4 Å². The standard InChI is InChI=1S/C94H167NO8/c1-6-8-10-12-14-16-18-20-22-24-26-28-30-32-34-36-38-40-42-44-46-48-50-52-54-56-58-60-62-64-66-68-70-72-74-76-78-80-82-84-91(96)101-88-90(89-102-94(93(98)99)100-87-86-95(3,4)5)103-92(97)85-83-81-79-77-75-73-71-69-67-65-63-61-59-57-55-53-51-49-47-45-43-41-39-37-35-33-31-29-27-25-23-21-19-17-15-13-11-9-7-2/h8-11,14-17,20-23,26-29,33,35,90,94H,6-7,12-13,18-19,24-25,30-32,34,36-89H2,1-5H3/b10-8-,11-9-,16-14-,17-15-,22-20-,23-21-,28-26-,29-27-,35-33-. The van der Waals surface area contributed by atoms with Crippen LogP contribution in [0.25, 0.3) is 0 Å². The number of esters is 2. The first-order chi connectivity index (χ1) is 50.6. The van der Waals surface area contributed by atoms with Gasteiger partial charge in [-0.05, 0) is 96.3 Å². The van der Waals surface area contributed by atoms with E-state index >= 15 is 0 Å². The van der Waals surface area contributed by atoms with Crippen molar-refractivity contribution in [3.8, 4) is 0 Å². The van der Waals surface area contributed by atoms with Crippen molar-refractivity contribution in [2.24, 2.45) is 0 Å². The lowest BCUT2D eigenvalue weighted by Crippen LogP contribution is -2.44. The molecular weight excluding hydrogens is 1270 g/mol. The Morgan fingerprint density at radius 2 is 0.524 bits per heavy atom. The Kier molecular flexibility index (Phi) is 80.3. The number of carbonyl (C=O) groups is 3. The first kappa shape index (κ1) is 98.9. The second-order valence-electron chi connectivity index (χ2n) is 30.8. The van der Waals surface area contributed by atoms with Crippen LogP contribution in [0, 0.1) is 0 Å². The number of carbonyl (C=O) groups excluding carboxylic acids is 3. The van der Waals surface area contributed by atoms with E-state index in [-0.39, 0.29) is 32.2 Å². The Bertz CT molecular complexity index is 2070. The van der Waals surface area contributed by atoms with E-state index in [1.165, 1.54) is 289 Å². The number of allylic oxidation sites excluding steroid dienone is 18. The molecule has 0 aromatic rings. The summed E-state index contributed by atoms with van der Waals surface area (Å²) in [6.45, 7) is 4.58. The zero-order chi connectivity index (χ0) is 74.6. The molecule has 9 nitrogen and oxygen atoms in total. The van der Waals surface area contributed by atoms with E-state index < -0.39 is 24.3 Å². The van der Waals surface area contributed by atoms with Gasteiger partial charge in [0, 0.05) is 12.8 Å². The number of hydrogen-bond acceptors (Lipinski definition) is 8. The lowest BCUT2D eigenvalue weighted by Gasteiger charge is -2.26. The summed E-state index contributed by atoms with van der Waals surface area (Å²) >= 11 is 0. The normalized spacial score (nSPS) is 13.1. The second-order valence-corrected chi connectivity index (χ2v) is 30.8. The molecule has 2 atom stereocenters. The van der Waals surface area contributed by atoms with Gasteiger partial charge < -0.3 is 33.3 Å². The van der Waals surface area contributed by atoms with Crippen molar-refractivity contribution in [2.45, 2.75) is 424 Å². The van der Waals surface area contributed by atoms with Gasteiger partial charge in [0.1, 0.15) is 13.2 Å². The minimum atomic E-state index is -1.62. The molecule has 0 aliphatic rings. The molecule has 0 saturated carbocycles. The molecule has 0 heterocycles. The molecule has 103 heavy (non-hydrogen) atoms. The molecular formula is C94H167NO8. The zero-order valence-electron chi connectivity index (χ0n) is 68.4. The van der Waals surface area contributed by atoms with Crippen LogP contribution < -0.4 is 5.11 Å². The quantitative estimate of drug-likeness (QED) is 0.0195. The molecule has 0 radical (unpaired) electrons. The van der Waals surface area contributed by atoms with Gasteiger partial charge in [-0.25, -0.2) is 0 Å². The first-order valence-corrected chi connectivity index (χ1v) is 44.0. The fourth-order valence-electron chi connectivity index (χ4n) is 12.9. The van der Waals surface area contributed by atoms with E-state index in [0.717, 1.165) is 89.9 Å². The highest BCUT2D eigenvalue weighted by atomic mass is 16.7. The monoisotopic (exact) mass is 1440 g/mol. The average Bonchev–Trinajstić information content (AvgIpc) is 0.985. The van der Waals surface area contributed by atoms with Crippen molar-refractivity contribution in [3.63, 3.8) is 0 Å². The van der Waals surface area contributed by atoms with Crippen molar-refractivity contribution in [1.82, 2.24) is 0 Å². The Morgan fingerprint density at radius 3 is 0.777 bits per heavy atom. The van der Waals surface area contributed by atoms with E-state index in [2.05, 4.69) is 123 Å². The summed E-state index contributed by atoms with van der Waals surface area (Å²) in [5.74, 6) is -2.25. The first-order valence-electron chi connectivity index (χ1n) is 44.0. The number of unbranched alkanes of at least 4 members (excludes halogenated alkanes) is 49. The highest BCUT2D eigenvalue weighted by molar-refractivity contribution is 5.70. The number of likely N-dealkylation sites (N-methyl/N-ethyl adjacent to an activating group) is 1. The molecule has 596 valence electrons. The predicted molar refractivity (Wildman–Crippen MR) is 444 cm³/mol. The summed E-state index contributed by atoms with van der Waals surface area (Å²) < 4.78 is 22.9. The molecule has 2 unspecified atom stereocenters. The van der Waals surface area contributed by atoms with Crippen molar-refractivity contribution >= 4 is 17.9 Å². The molecule has 0 aromatic carbocycles. The van der Waals surface area contributed by atoms with E-state index in [1.807, 2.05) is 21.1 Å². The van der Waals surface area contributed by atoms with E-state index in [9.17, 15) is 19.5 Å². The van der Waals surface area contributed by atoms with Crippen molar-refractivity contribution in [3.05, 3.63) is 109 Å². The van der Waals surface area contributed by atoms with Crippen LogP contribution in [-0.4, -0.2) is 82.3 Å². The van der Waals surface area contributed by atoms with Gasteiger partial charge in [-0.2, -0.15) is 0 Å². The Morgan fingerprint density at radius 1 is 0.291 bits per heavy atom. The third kappa shape index (κ3) is 85.1. The summed E-state index contributed by atoms with van der Waals surface area (Å²) in [5.41, 5.74) is 0. The van der Waals surface area contributed by atoms with Crippen LogP contribution in [0.5, 0.6) is 0 Å². The Hall–Kier alpha value is -4.05. The summed E-state index contributed by atoms with van der Waals surface area (Å²) in [5, 5.41) is 11.9. The zero-order valence-corrected chi connectivity index (χ0v) is 68.4. The summed E-state index contributed by atoms with van der Waals surface area (Å²) in [4.78, 5) is 37.7. The summed E-state index contributed by atoms with van der Waals surface area (Å²) in [7, 11) is 5.95. The number of rotatable bonds is 82. The molecule has 0 saturated heterocycles. The van der Waals surface area contributed by atoms with Crippen LogP contribution in [0.4, 0.5) is 0 Å². The second kappa shape index (κ2) is 83.6. The number of ether oxygens (including phenoxy) is 4. The van der Waals surface area contributed by atoms with Crippen LogP contribution in [-0.2, 0) is 33.3 Å².